The summed E-state index contributed by atoms with van der Waals surface area (Å²) in [4.78, 5) is 51.2. The molecule has 2 aromatic rings. The Kier molecular flexibility index (Phi) is 13.5. The van der Waals surface area contributed by atoms with Crippen LogP contribution in [-0.4, -0.2) is 37.9 Å². The normalized spacial score (nSPS) is 10.0. The molecule has 0 heterocycles. The van der Waals surface area contributed by atoms with Gasteiger partial charge in [0.25, 0.3) is 0 Å². The molecule has 176 valence electrons. The predicted molar refractivity (Wildman–Crippen MR) is 115 cm³/mol. The molecular weight excluding hydrogens is 443 g/mol. The van der Waals surface area contributed by atoms with E-state index in [2.05, 4.69) is 9.56 Å². The predicted octanol–water partition coefficient (Wildman–Crippen LogP) is 4.13. The van der Waals surface area contributed by atoms with E-state index in [4.69, 9.17) is 20.0 Å². The van der Waals surface area contributed by atoms with Gasteiger partial charge in [-0.15, -0.1) is 0 Å². The summed E-state index contributed by atoms with van der Waals surface area (Å²) in [6.07, 6.45) is 1.49. The van der Waals surface area contributed by atoms with Gasteiger partial charge >= 0.3 is 25.7 Å². The first-order valence-electron chi connectivity index (χ1n) is 9.40. The lowest BCUT2D eigenvalue weighted by atomic mass is 10.2. The molecule has 10 nitrogen and oxygen atoms in total. The molecule has 0 saturated heterocycles. The fourth-order valence-corrected chi connectivity index (χ4v) is 2.03. The molecule has 0 amide bonds. The first-order chi connectivity index (χ1) is 14.9. The SMILES string of the molecule is CCCCC(=O)OOP(=O)(O)O.Cc1ccc(C(=O)O)cc1.Cc1ccc(C(=O)O)cc1. The zero-order valence-corrected chi connectivity index (χ0v) is 18.8. The van der Waals surface area contributed by atoms with Crippen LogP contribution in [0.1, 0.15) is 58.0 Å². The molecule has 0 radical (unpaired) electrons. The lowest BCUT2D eigenvalue weighted by Crippen LogP contribution is -2.03. The second-order valence-electron chi connectivity index (χ2n) is 6.47. The van der Waals surface area contributed by atoms with Crippen molar-refractivity contribution in [3.05, 3.63) is 70.8 Å². The van der Waals surface area contributed by atoms with E-state index in [-0.39, 0.29) is 6.42 Å². The van der Waals surface area contributed by atoms with E-state index in [1.165, 1.54) is 0 Å². The van der Waals surface area contributed by atoms with Crippen molar-refractivity contribution < 1.29 is 48.5 Å². The molecule has 11 heteroatoms. The van der Waals surface area contributed by atoms with E-state index in [1.807, 2.05) is 20.8 Å². The van der Waals surface area contributed by atoms with Gasteiger partial charge in [0, 0.05) is 6.42 Å². The van der Waals surface area contributed by atoms with Crippen molar-refractivity contribution in [2.24, 2.45) is 0 Å². The number of carbonyl (C=O) groups is 3. The number of aromatic carboxylic acids is 2. The largest absolute Gasteiger partial charge is 0.505 e. The third-order valence-electron chi connectivity index (χ3n) is 3.56. The van der Waals surface area contributed by atoms with E-state index in [9.17, 15) is 18.9 Å². The number of hydrogen-bond donors (Lipinski definition) is 4. The maximum Gasteiger partial charge on any atom is 0.505 e. The number of carboxylic acid groups (broad SMARTS) is 2. The van der Waals surface area contributed by atoms with Gasteiger partial charge in [-0.25, -0.2) is 18.9 Å². The van der Waals surface area contributed by atoms with E-state index in [0.29, 0.717) is 17.5 Å². The summed E-state index contributed by atoms with van der Waals surface area (Å²) in [6, 6.07) is 13.5. The minimum atomic E-state index is -4.69. The second kappa shape index (κ2) is 14.9. The molecule has 4 N–H and O–H groups in total. The van der Waals surface area contributed by atoms with E-state index < -0.39 is 25.7 Å². The zero-order valence-electron chi connectivity index (χ0n) is 17.9. The Hall–Kier alpha value is -3.04. The van der Waals surface area contributed by atoms with Gasteiger partial charge in [0.2, 0.25) is 0 Å². The first-order valence-corrected chi connectivity index (χ1v) is 10.9. The van der Waals surface area contributed by atoms with Crippen LogP contribution < -0.4 is 0 Å². The number of phosphoric acid groups is 1. The number of unbranched alkanes of at least 4 members (excludes halogenated alkanes) is 1. The Morgan fingerprint density at radius 2 is 1.19 bits per heavy atom. The minimum Gasteiger partial charge on any atom is -0.478 e. The highest BCUT2D eigenvalue weighted by atomic mass is 31.2. The van der Waals surface area contributed by atoms with Crippen LogP contribution >= 0.6 is 7.82 Å². The summed E-state index contributed by atoms with van der Waals surface area (Å²) in [5.74, 6) is -2.53. The third-order valence-corrected chi connectivity index (χ3v) is 3.83. The molecule has 0 bridgehead atoms. The minimum absolute atomic E-state index is 0.0938. The summed E-state index contributed by atoms with van der Waals surface area (Å²) >= 11 is 0. The van der Waals surface area contributed by atoms with Crippen molar-refractivity contribution in [1.82, 2.24) is 0 Å². The highest BCUT2D eigenvalue weighted by molar-refractivity contribution is 7.46. The molecule has 2 rings (SSSR count). The number of hydrogen-bond acceptors (Lipinski definition) is 6. The van der Waals surface area contributed by atoms with Crippen molar-refractivity contribution in [2.45, 2.75) is 40.0 Å². The number of aryl methyl sites for hydroxylation is 2. The number of rotatable bonds is 7. The van der Waals surface area contributed by atoms with Gasteiger partial charge in [-0.05, 0) is 44.5 Å². The molecule has 0 atom stereocenters. The van der Waals surface area contributed by atoms with Gasteiger partial charge < -0.3 is 20.0 Å². The lowest BCUT2D eigenvalue weighted by Gasteiger charge is -2.02. The fourth-order valence-electron chi connectivity index (χ4n) is 1.85. The second-order valence-corrected chi connectivity index (χ2v) is 7.60. The summed E-state index contributed by atoms with van der Waals surface area (Å²) < 4.78 is 13.5. The van der Waals surface area contributed by atoms with Gasteiger partial charge in [0.15, 0.2) is 0 Å². The van der Waals surface area contributed by atoms with Crippen molar-refractivity contribution >= 4 is 25.7 Å². The quantitative estimate of drug-likeness (QED) is 0.262. The van der Waals surface area contributed by atoms with Crippen molar-refractivity contribution in [3.63, 3.8) is 0 Å². The van der Waals surface area contributed by atoms with Gasteiger partial charge in [-0.3, -0.25) is 4.89 Å². The smallest absolute Gasteiger partial charge is 0.478 e. The summed E-state index contributed by atoms with van der Waals surface area (Å²) in [6.45, 7) is 5.72. The van der Waals surface area contributed by atoms with Crippen LogP contribution in [-0.2, 0) is 18.9 Å². The molecule has 2 aromatic carbocycles. The number of benzene rings is 2. The highest BCUT2D eigenvalue weighted by Crippen LogP contribution is 2.36. The maximum atomic E-state index is 10.6. The van der Waals surface area contributed by atoms with Crippen LogP contribution in [0, 0.1) is 13.8 Å². The molecule has 0 aliphatic rings. The van der Waals surface area contributed by atoms with Crippen LogP contribution in [0.15, 0.2) is 48.5 Å². The van der Waals surface area contributed by atoms with Crippen LogP contribution in [0.3, 0.4) is 0 Å². The average Bonchev–Trinajstić information content (AvgIpc) is 2.72. The van der Waals surface area contributed by atoms with E-state index in [1.54, 1.807) is 48.5 Å². The first kappa shape index (κ1) is 29.0. The monoisotopic (exact) mass is 470 g/mol. The Bertz CT molecular complexity index is 846. The number of carboxylic acids is 2. The molecule has 0 aliphatic heterocycles. The molecule has 32 heavy (non-hydrogen) atoms. The molecular formula is C21H27O10P. The molecule has 0 fully saturated rings. The molecule has 0 saturated carbocycles. The van der Waals surface area contributed by atoms with Crippen LogP contribution in [0.4, 0.5) is 0 Å². The van der Waals surface area contributed by atoms with Crippen LogP contribution in [0.2, 0.25) is 0 Å². The van der Waals surface area contributed by atoms with Gasteiger partial charge in [0.05, 0.1) is 11.1 Å². The topological polar surface area (TPSA) is 168 Å². The van der Waals surface area contributed by atoms with Crippen LogP contribution in [0.25, 0.3) is 0 Å². The Labute approximate surface area is 185 Å². The third kappa shape index (κ3) is 14.9. The molecule has 0 aromatic heterocycles. The highest BCUT2D eigenvalue weighted by Gasteiger charge is 2.18. The molecule has 0 aliphatic carbocycles. The lowest BCUT2D eigenvalue weighted by molar-refractivity contribution is -0.222. The zero-order chi connectivity index (χ0) is 24.7. The summed E-state index contributed by atoms with van der Waals surface area (Å²) in [5, 5.41) is 17.0. The Balaban J connectivity index is 0.000000452. The van der Waals surface area contributed by atoms with Crippen molar-refractivity contribution in [1.29, 1.82) is 0 Å². The van der Waals surface area contributed by atoms with E-state index >= 15 is 0 Å². The summed E-state index contributed by atoms with van der Waals surface area (Å²) in [7, 11) is -4.69. The van der Waals surface area contributed by atoms with E-state index in [0.717, 1.165) is 17.5 Å². The van der Waals surface area contributed by atoms with Crippen LogP contribution in [0.5, 0.6) is 0 Å². The van der Waals surface area contributed by atoms with Gasteiger partial charge in [-0.2, -0.15) is 0 Å². The average molecular weight is 470 g/mol. The Morgan fingerprint density at radius 3 is 1.47 bits per heavy atom. The number of carbonyl (C=O) groups excluding carboxylic acids is 1. The molecule has 0 unspecified atom stereocenters. The Morgan fingerprint density at radius 1 is 0.812 bits per heavy atom. The van der Waals surface area contributed by atoms with Crippen molar-refractivity contribution in [2.75, 3.05) is 0 Å². The van der Waals surface area contributed by atoms with Crippen molar-refractivity contribution in [3.8, 4) is 0 Å². The van der Waals surface area contributed by atoms with Gasteiger partial charge in [-0.1, -0.05) is 53.4 Å². The maximum absolute atomic E-state index is 10.6. The van der Waals surface area contributed by atoms with Gasteiger partial charge in [0.1, 0.15) is 0 Å². The standard InChI is InChI=1S/2C8H8O2.C5H11O6P/c2*1-6-2-4-7(5-3-6)8(9)10;1-2-3-4-5(6)10-11-12(7,8)9/h2*2-5H,1H3,(H,9,10);2-4H2,1H3,(H2,7,8,9). The fraction of sp³-hybridized carbons (Fsp3) is 0.286. The summed E-state index contributed by atoms with van der Waals surface area (Å²) in [5.41, 5.74) is 2.83. The molecule has 0 spiro atoms.